The van der Waals surface area contributed by atoms with Gasteiger partial charge in [0.15, 0.2) is 5.82 Å². The molecule has 0 saturated carbocycles. The maximum absolute atomic E-state index is 6.30. The van der Waals surface area contributed by atoms with E-state index in [0.29, 0.717) is 11.6 Å². The molecule has 3 nitrogen and oxygen atoms in total. The van der Waals surface area contributed by atoms with E-state index < -0.39 is 0 Å². The van der Waals surface area contributed by atoms with E-state index in [1.807, 2.05) is 36.5 Å². The van der Waals surface area contributed by atoms with Gasteiger partial charge in [-0.05, 0) is 39.2 Å². The van der Waals surface area contributed by atoms with Gasteiger partial charge in [-0.1, -0.05) is 72.8 Å². The minimum Gasteiger partial charge on any atom is -0.383 e. The molecule has 0 fully saturated rings. The molecular formula is C24H17N3. The Morgan fingerprint density at radius 2 is 1.15 bits per heavy atom. The van der Waals surface area contributed by atoms with E-state index in [-0.39, 0.29) is 0 Å². The Morgan fingerprint density at radius 1 is 0.593 bits per heavy atom. The van der Waals surface area contributed by atoms with Gasteiger partial charge in [-0.2, -0.15) is 0 Å². The molecule has 0 amide bonds. The molecule has 0 aliphatic rings. The maximum Gasteiger partial charge on any atom is 0.161 e. The molecule has 5 aromatic rings. The number of hydrogen-bond donors (Lipinski definition) is 1. The molecule has 0 unspecified atom stereocenters. The van der Waals surface area contributed by atoms with Gasteiger partial charge in [-0.15, -0.1) is 0 Å². The van der Waals surface area contributed by atoms with Crippen LogP contribution in [0.1, 0.15) is 0 Å². The molecule has 0 bridgehead atoms. The highest BCUT2D eigenvalue weighted by molar-refractivity contribution is 5.89. The molecule has 0 radical (unpaired) electrons. The predicted octanol–water partition coefficient (Wildman–Crippen LogP) is 5.70. The topological polar surface area (TPSA) is 51.8 Å². The number of nitrogens with two attached hydrogens (primary N) is 1. The van der Waals surface area contributed by atoms with Crippen LogP contribution in [0.2, 0.25) is 0 Å². The first-order valence-corrected chi connectivity index (χ1v) is 8.89. The van der Waals surface area contributed by atoms with Gasteiger partial charge < -0.3 is 5.73 Å². The van der Waals surface area contributed by atoms with Crippen LogP contribution in [0.5, 0.6) is 0 Å². The fourth-order valence-corrected chi connectivity index (χ4v) is 3.44. The van der Waals surface area contributed by atoms with Gasteiger partial charge in [0, 0.05) is 17.3 Å². The van der Waals surface area contributed by atoms with Crippen LogP contribution in [0, 0.1) is 0 Å². The van der Waals surface area contributed by atoms with Gasteiger partial charge in [-0.3, -0.25) is 0 Å². The summed E-state index contributed by atoms with van der Waals surface area (Å²) in [6, 6.07) is 29.0. The average Bonchev–Trinajstić information content (AvgIpc) is 2.73. The number of aromatic nitrogens is 2. The van der Waals surface area contributed by atoms with E-state index in [2.05, 4.69) is 64.6 Å². The van der Waals surface area contributed by atoms with Crippen molar-refractivity contribution >= 4 is 27.4 Å². The molecule has 1 aromatic heterocycles. The van der Waals surface area contributed by atoms with Crippen LogP contribution in [0.3, 0.4) is 0 Å². The van der Waals surface area contributed by atoms with Crippen molar-refractivity contribution in [3.63, 3.8) is 0 Å². The molecule has 2 N–H and O–H groups in total. The number of anilines is 1. The molecule has 0 atom stereocenters. The van der Waals surface area contributed by atoms with Crippen LogP contribution in [0.4, 0.5) is 5.82 Å². The highest BCUT2D eigenvalue weighted by Crippen LogP contribution is 2.29. The zero-order chi connectivity index (χ0) is 18.2. The molecule has 0 aliphatic heterocycles. The van der Waals surface area contributed by atoms with Crippen molar-refractivity contribution in [2.75, 3.05) is 5.73 Å². The summed E-state index contributed by atoms with van der Waals surface area (Å²) in [4.78, 5) is 9.16. The third kappa shape index (κ3) is 2.79. The normalized spacial score (nSPS) is 11.1. The Morgan fingerprint density at radius 3 is 1.78 bits per heavy atom. The first-order valence-electron chi connectivity index (χ1n) is 8.89. The molecule has 4 aromatic carbocycles. The fraction of sp³-hybridized carbons (Fsp3) is 0. The number of nitrogen functional groups attached to an aromatic ring is 1. The molecule has 27 heavy (non-hydrogen) atoms. The van der Waals surface area contributed by atoms with Crippen LogP contribution < -0.4 is 5.73 Å². The quantitative estimate of drug-likeness (QED) is 0.446. The van der Waals surface area contributed by atoms with E-state index in [9.17, 15) is 0 Å². The van der Waals surface area contributed by atoms with Crippen molar-refractivity contribution in [1.82, 2.24) is 9.97 Å². The van der Waals surface area contributed by atoms with Crippen molar-refractivity contribution in [3.05, 3.63) is 91.1 Å². The first-order chi connectivity index (χ1) is 13.3. The van der Waals surface area contributed by atoms with E-state index >= 15 is 0 Å². The number of benzene rings is 4. The summed E-state index contributed by atoms with van der Waals surface area (Å²) < 4.78 is 0. The largest absolute Gasteiger partial charge is 0.383 e. The van der Waals surface area contributed by atoms with Gasteiger partial charge in [0.1, 0.15) is 5.82 Å². The lowest BCUT2D eigenvalue weighted by Crippen LogP contribution is -1.99. The Balaban J connectivity index is 1.57. The van der Waals surface area contributed by atoms with Crippen molar-refractivity contribution < 1.29 is 0 Å². The van der Waals surface area contributed by atoms with E-state index in [1.54, 1.807) is 0 Å². The molecule has 0 saturated heterocycles. The van der Waals surface area contributed by atoms with Crippen molar-refractivity contribution in [1.29, 1.82) is 0 Å². The second-order valence-electron chi connectivity index (χ2n) is 6.62. The van der Waals surface area contributed by atoms with Crippen LogP contribution in [-0.4, -0.2) is 9.97 Å². The lowest BCUT2D eigenvalue weighted by Gasteiger charge is -2.09. The molecule has 1 heterocycles. The summed E-state index contributed by atoms with van der Waals surface area (Å²) in [6.45, 7) is 0. The average molecular weight is 347 g/mol. The van der Waals surface area contributed by atoms with Gasteiger partial charge in [-0.25, -0.2) is 9.97 Å². The summed E-state index contributed by atoms with van der Waals surface area (Å²) in [6.07, 6.45) is 1.82. The summed E-state index contributed by atoms with van der Waals surface area (Å²) in [5.41, 5.74) is 9.14. The van der Waals surface area contributed by atoms with Gasteiger partial charge >= 0.3 is 0 Å². The summed E-state index contributed by atoms with van der Waals surface area (Å²) >= 11 is 0. The maximum atomic E-state index is 6.30. The van der Waals surface area contributed by atoms with Crippen LogP contribution in [0.25, 0.3) is 44.1 Å². The standard InChI is InChI=1S/C24H17N3/c25-23-22(20-11-9-16-5-1-3-7-18(16)13-20)15-26-24(27-23)21-12-10-17-6-2-4-8-19(17)14-21/h1-15H,(H2,25,26,27). The number of hydrogen-bond acceptors (Lipinski definition) is 3. The van der Waals surface area contributed by atoms with Crippen molar-refractivity contribution in [3.8, 4) is 22.5 Å². The highest BCUT2D eigenvalue weighted by atomic mass is 14.9. The smallest absolute Gasteiger partial charge is 0.161 e. The number of nitrogens with zero attached hydrogens (tertiary/aromatic N) is 2. The molecule has 5 rings (SSSR count). The molecule has 128 valence electrons. The Kier molecular flexibility index (Phi) is 3.58. The van der Waals surface area contributed by atoms with Crippen LogP contribution >= 0.6 is 0 Å². The second-order valence-corrected chi connectivity index (χ2v) is 6.62. The molecule has 3 heteroatoms. The number of rotatable bonds is 2. The minimum atomic E-state index is 0.489. The Bertz CT molecular complexity index is 1290. The Labute approximate surface area is 157 Å². The van der Waals surface area contributed by atoms with Crippen LogP contribution in [0.15, 0.2) is 91.1 Å². The molecule has 0 aliphatic carbocycles. The SMILES string of the molecule is Nc1nc(-c2ccc3ccccc3c2)ncc1-c1ccc2ccccc2c1. The van der Waals surface area contributed by atoms with Crippen molar-refractivity contribution in [2.45, 2.75) is 0 Å². The monoisotopic (exact) mass is 347 g/mol. The summed E-state index contributed by atoms with van der Waals surface area (Å²) in [7, 11) is 0. The summed E-state index contributed by atoms with van der Waals surface area (Å²) in [5.74, 6) is 1.13. The van der Waals surface area contributed by atoms with E-state index in [1.165, 1.54) is 16.2 Å². The lowest BCUT2D eigenvalue weighted by atomic mass is 10.0. The third-order valence-electron chi connectivity index (χ3n) is 4.89. The third-order valence-corrected chi connectivity index (χ3v) is 4.89. The predicted molar refractivity (Wildman–Crippen MR) is 112 cm³/mol. The minimum absolute atomic E-state index is 0.489. The zero-order valence-corrected chi connectivity index (χ0v) is 14.6. The van der Waals surface area contributed by atoms with Gasteiger partial charge in [0.2, 0.25) is 0 Å². The van der Waals surface area contributed by atoms with Crippen molar-refractivity contribution in [2.24, 2.45) is 0 Å². The second kappa shape index (κ2) is 6.22. The molecule has 0 spiro atoms. The zero-order valence-electron chi connectivity index (χ0n) is 14.6. The first kappa shape index (κ1) is 15.5. The van der Waals surface area contributed by atoms with E-state index in [4.69, 9.17) is 5.73 Å². The number of fused-ring (bicyclic) bond motifs is 2. The lowest BCUT2D eigenvalue weighted by molar-refractivity contribution is 1.19. The van der Waals surface area contributed by atoms with Gasteiger partial charge in [0.05, 0.1) is 0 Å². The highest BCUT2D eigenvalue weighted by Gasteiger charge is 2.09. The fourth-order valence-electron chi connectivity index (χ4n) is 3.44. The Hall–Kier alpha value is -3.72. The summed E-state index contributed by atoms with van der Waals surface area (Å²) in [5, 5.41) is 4.74. The van der Waals surface area contributed by atoms with Gasteiger partial charge in [0.25, 0.3) is 0 Å². The van der Waals surface area contributed by atoms with Crippen LogP contribution in [-0.2, 0) is 0 Å². The van der Waals surface area contributed by atoms with E-state index in [0.717, 1.165) is 22.1 Å². The molecular weight excluding hydrogens is 330 g/mol.